The van der Waals surface area contributed by atoms with E-state index < -0.39 is 17.7 Å². The number of aliphatic hydroxyl groups is 1. The minimum Gasteiger partial charge on any atom is -0.478 e. The molecule has 1 aliphatic rings. The number of esters is 1. The topological polar surface area (TPSA) is 114 Å². The molecule has 2 rings (SSSR count). The number of carboxylic acids is 1. The standard InChI is InChI=1S/C17H21NO7/c19-15(20)6-7-16(21)25-17(22,13-4-2-1-3-5-13)12-23-11-14-10-18-8-9-24-14/h1-7,14,18,22H,8-12H2,(H,19,20)/b7-6-. The molecule has 8 nitrogen and oxygen atoms in total. The van der Waals surface area contributed by atoms with Crippen LogP contribution in [0.2, 0.25) is 0 Å². The van der Waals surface area contributed by atoms with Crippen molar-refractivity contribution in [2.75, 3.05) is 32.9 Å². The number of hydrogen-bond donors (Lipinski definition) is 3. The monoisotopic (exact) mass is 351 g/mol. The van der Waals surface area contributed by atoms with E-state index in [0.29, 0.717) is 24.8 Å². The van der Waals surface area contributed by atoms with Crippen LogP contribution in [0.15, 0.2) is 42.5 Å². The lowest BCUT2D eigenvalue weighted by molar-refractivity contribution is -0.234. The third-order valence-corrected chi connectivity index (χ3v) is 3.46. The summed E-state index contributed by atoms with van der Waals surface area (Å²) in [6.07, 6.45) is 1.21. The second-order valence-corrected chi connectivity index (χ2v) is 5.46. The lowest BCUT2D eigenvalue weighted by Gasteiger charge is -2.29. The predicted octanol–water partition coefficient (Wildman–Crippen LogP) is 0.0207. The second-order valence-electron chi connectivity index (χ2n) is 5.46. The van der Waals surface area contributed by atoms with Crippen molar-refractivity contribution in [3.05, 3.63) is 48.0 Å². The molecule has 0 amide bonds. The Morgan fingerprint density at radius 1 is 1.32 bits per heavy atom. The second kappa shape index (κ2) is 9.28. The zero-order chi connectivity index (χ0) is 18.1. The zero-order valence-corrected chi connectivity index (χ0v) is 13.6. The molecule has 2 unspecified atom stereocenters. The Labute approximate surface area is 145 Å². The molecule has 25 heavy (non-hydrogen) atoms. The minimum atomic E-state index is -2.04. The first-order chi connectivity index (χ1) is 12.0. The highest BCUT2D eigenvalue weighted by atomic mass is 16.7. The van der Waals surface area contributed by atoms with Gasteiger partial charge < -0.3 is 29.7 Å². The van der Waals surface area contributed by atoms with Gasteiger partial charge in [-0.15, -0.1) is 0 Å². The van der Waals surface area contributed by atoms with Gasteiger partial charge in [0.25, 0.3) is 5.79 Å². The largest absolute Gasteiger partial charge is 0.478 e. The number of carboxylic acid groups (broad SMARTS) is 1. The first kappa shape index (κ1) is 19.1. The fourth-order valence-corrected chi connectivity index (χ4v) is 2.27. The van der Waals surface area contributed by atoms with Gasteiger partial charge >= 0.3 is 11.9 Å². The molecule has 0 aliphatic carbocycles. The SMILES string of the molecule is O=C(O)/C=C\C(=O)OC(O)(COCC1CNCCO1)c1ccccc1. The predicted molar refractivity (Wildman–Crippen MR) is 86.6 cm³/mol. The summed E-state index contributed by atoms with van der Waals surface area (Å²) in [4.78, 5) is 22.3. The molecule has 136 valence electrons. The van der Waals surface area contributed by atoms with Crippen LogP contribution < -0.4 is 5.32 Å². The quantitative estimate of drug-likeness (QED) is 0.341. The summed E-state index contributed by atoms with van der Waals surface area (Å²) < 4.78 is 16.0. The average Bonchev–Trinajstić information content (AvgIpc) is 2.61. The van der Waals surface area contributed by atoms with Crippen LogP contribution in [0.5, 0.6) is 0 Å². The molecule has 1 aliphatic heterocycles. The van der Waals surface area contributed by atoms with Gasteiger partial charge in [0.2, 0.25) is 0 Å². The third kappa shape index (κ3) is 6.28. The molecule has 1 heterocycles. The van der Waals surface area contributed by atoms with Crippen LogP contribution in [0.25, 0.3) is 0 Å². The Kier molecular flexibility index (Phi) is 7.08. The van der Waals surface area contributed by atoms with Gasteiger partial charge in [-0.2, -0.15) is 0 Å². The fourth-order valence-electron chi connectivity index (χ4n) is 2.27. The number of nitrogens with one attached hydrogen (secondary N) is 1. The summed E-state index contributed by atoms with van der Waals surface area (Å²) in [6, 6.07) is 8.26. The van der Waals surface area contributed by atoms with Crippen LogP contribution in [-0.2, 0) is 29.6 Å². The number of carbonyl (C=O) groups is 2. The molecule has 1 saturated heterocycles. The number of benzene rings is 1. The van der Waals surface area contributed by atoms with E-state index in [1.807, 2.05) is 0 Å². The minimum absolute atomic E-state index is 0.156. The Balaban J connectivity index is 2.01. The van der Waals surface area contributed by atoms with Gasteiger partial charge in [-0.1, -0.05) is 30.3 Å². The van der Waals surface area contributed by atoms with E-state index >= 15 is 0 Å². The molecular weight excluding hydrogens is 330 g/mol. The first-order valence-electron chi connectivity index (χ1n) is 7.81. The maximum Gasteiger partial charge on any atom is 0.333 e. The highest BCUT2D eigenvalue weighted by molar-refractivity contribution is 5.90. The average molecular weight is 351 g/mol. The van der Waals surface area contributed by atoms with Gasteiger partial charge in [-0.05, 0) is 0 Å². The Morgan fingerprint density at radius 3 is 2.72 bits per heavy atom. The molecule has 1 aromatic rings. The van der Waals surface area contributed by atoms with Crippen LogP contribution in [0, 0.1) is 0 Å². The van der Waals surface area contributed by atoms with E-state index in [2.05, 4.69) is 5.32 Å². The summed E-state index contributed by atoms with van der Waals surface area (Å²) in [5.41, 5.74) is 0.315. The lowest BCUT2D eigenvalue weighted by Crippen LogP contribution is -2.43. The molecule has 1 fully saturated rings. The van der Waals surface area contributed by atoms with Crippen LogP contribution in [0.3, 0.4) is 0 Å². The molecule has 3 N–H and O–H groups in total. The van der Waals surface area contributed by atoms with Crippen LogP contribution >= 0.6 is 0 Å². The van der Waals surface area contributed by atoms with E-state index in [1.54, 1.807) is 30.3 Å². The van der Waals surface area contributed by atoms with E-state index in [4.69, 9.17) is 19.3 Å². The maximum absolute atomic E-state index is 11.8. The third-order valence-electron chi connectivity index (χ3n) is 3.46. The number of carbonyl (C=O) groups excluding carboxylic acids is 1. The Hall–Kier alpha value is -2.26. The van der Waals surface area contributed by atoms with Crippen molar-refractivity contribution in [3.8, 4) is 0 Å². The van der Waals surface area contributed by atoms with Crippen molar-refractivity contribution in [2.45, 2.75) is 11.9 Å². The van der Waals surface area contributed by atoms with Crippen molar-refractivity contribution < 1.29 is 34.0 Å². The zero-order valence-electron chi connectivity index (χ0n) is 13.6. The van der Waals surface area contributed by atoms with E-state index in [-0.39, 0.29) is 19.3 Å². The van der Waals surface area contributed by atoms with Crippen molar-refractivity contribution in [1.29, 1.82) is 0 Å². The lowest BCUT2D eigenvalue weighted by atomic mass is 10.1. The molecule has 1 aromatic carbocycles. The molecule has 0 spiro atoms. The highest BCUT2D eigenvalue weighted by Crippen LogP contribution is 2.24. The smallest absolute Gasteiger partial charge is 0.333 e. The number of morpholine rings is 1. The Morgan fingerprint density at radius 2 is 2.08 bits per heavy atom. The van der Waals surface area contributed by atoms with E-state index in [1.165, 1.54) is 0 Å². The van der Waals surface area contributed by atoms with Crippen LogP contribution in [0.4, 0.5) is 0 Å². The molecule has 0 aromatic heterocycles. The molecule has 8 heteroatoms. The number of ether oxygens (including phenoxy) is 3. The number of hydrogen-bond acceptors (Lipinski definition) is 7. The summed E-state index contributed by atoms with van der Waals surface area (Å²) in [5, 5.41) is 22.5. The van der Waals surface area contributed by atoms with Gasteiger partial charge in [0.15, 0.2) is 0 Å². The van der Waals surface area contributed by atoms with E-state index in [9.17, 15) is 14.7 Å². The van der Waals surface area contributed by atoms with Crippen molar-refractivity contribution in [2.24, 2.45) is 0 Å². The van der Waals surface area contributed by atoms with Crippen molar-refractivity contribution in [3.63, 3.8) is 0 Å². The summed E-state index contributed by atoms with van der Waals surface area (Å²) in [7, 11) is 0. The van der Waals surface area contributed by atoms with Gasteiger partial charge in [-0.25, -0.2) is 9.59 Å². The normalized spacial score (nSPS) is 20.1. The van der Waals surface area contributed by atoms with Gasteiger partial charge in [-0.3, -0.25) is 0 Å². The van der Waals surface area contributed by atoms with Gasteiger partial charge in [0, 0.05) is 30.8 Å². The van der Waals surface area contributed by atoms with Crippen molar-refractivity contribution >= 4 is 11.9 Å². The number of rotatable bonds is 8. The molecular formula is C17H21NO7. The molecule has 0 saturated carbocycles. The fraction of sp³-hybridized carbons (Fsp3) is 0.412. The van der Waals surface area contributed by atoms with Crippen molar-refractivity contribution in [1.82, 2.24) is 5.32 Å². The van der Waals surface area contributed by atoms with Crippen LogP contribution in [0.1, 0.15) is 5.56 Å². The highest BCUT2D eigenvalue weighted by Gasteiger charge is 2.34. The van der Waals surface area contributed by atoms with E-state index in [0.717, 1.165) is 12.6 Å². The summed E-state index contributed by atoms with van der Waals surface area (Å²) in [6.45, 7) is 1.88. The molecule has 0 bridgehead atoms. The first-order valence-corrected chi connectivity index (χ1v) is 7.81. The van der Waals surface area contributed by atoms with Crippen LogP contribution in [-0.4, -0.2) is 61.2 Å². The van der Waals surface area contributed by atoms with Gasteiger partial charge in [0.05, 0.1) is 19.3 Å². The molecule has 2 atom stereocenters. The Bertz CT molecular complexity index is 598. The maximum atomic E-state index is 11.8. The molecule has 0 radical (unpaired) electrons. The summed E-state index contributed by atoms with van der Waals surface area (Å²) in [5.74, 6) is -4.32. The number of aliphatic carboxylic acids is 1. The summed E-state index contributed by atoms with van der Waals surface area (Å²) >= 11 is 0. The van der Waals surface area contributed by atoms with Gasteiger partial charge in [0.1, 0.15) is 6.61 Å².